The van der Waals surface area contributed by atoms with Crippen LogP contribution in [0.5, 0.6) is 0 Å². The summed E-state index contributed by atoms with van der Waals surface area (Å²) in [6.45, 7) is 2.83. The molecule has 1 aromatic carbocycles. The number of ether oxygens (including phenoxy) is 1. The average molecular weight is 525 g/mol. The first-order chi connectivity index (χ1) is 17.5. The molecule has 0 aliphatic rings. The normalized spacial score (nSPS) is 12.4. The van der Waals surface area contributed by atoms with Crippen LogP contribution in [0.3, 0.4) is 0 Å². The van der Waals surface area contributed by atoms with E-state index in [0.717, 1.165) is 20.1 Å². The lowest BCUT2D eigenvalue weighted by molar-refractivity contribution is -0.126. The van der Waals surface area contributed by atoms with Crippen LogP contribution in [-0.4, -0.2) is 61.5 Å². The zero-order valence-corrected chi connectivity index (χ0v) is 21.5. The standard InChI is InChI=1S/C24H28N8O4S/c1-24(2,26)22(34)28-16(11-20-27-15-8-4-5-9-17(15)37-20)21-30-29-19-10-6-7-14(32(19)21)13-36-23(35)31(3)12-18(25)33/h4-10,16H,11-13,26H2,1-3H3,(H2,25,33)(H,28,34)/t16-/m1/s1. The highest BCUT2D eigenvalue weighted by molar-refractivity contribution is 7.18. The molecule has 37 heavy (non-hydrogen) atoms. The van der Waals surface area contributed by atoms with Crippen molar-refractivity contribution in [1.29, 1.82) is 0 Å². The molecule has 3 amide bonds. The molecular formula is C24H28N8O4S. The number of primary amides is 1. The molecule has 0 spiro atoms. The number of likely N-dealkylation sites (N-methyl/N-ethyl adjacent to an activating group) is 1. The third-order valence-corrected chi connectivity index (χ3v) is 6.56. The first-order valence-corrected chi connectivity index (χ1v) is 12.3. The van der Waals surface area contributed by atoms with Gasteiger partial charge in [0.25, 0.3) is 0 Å². The highest BCUT2D eigenvalue weighted by Crippen LogP contribution is 2.27. The van der Waals surface area contributed by atoms with Gasteiger partial charge in [0.1, 0.15) is 13.2 Å². The predicted molar refractivity (Wildman–Crippen MR) is 137 cm³/mol. The van der Waals surface area contributed by atoms with E-state index in [1.54, 1.807) is 36.4 Å². The Hall–Kier alpha value is -4.10. The van der Waals surface area contributed by atoms with Gasteiger partial charge in [-0.1, -0.05) is 18.2 Å². The number of nitrogens with one attached hydrogen (secondary N) is 1. The van der Waals surface area contributed by atoms with Gasteiger partial charge in [0.05, 0.1) is 32.5 Å². The molecule has 0 saturated heterocycles. The van der Waals surface area contributed by atoms with Crippen molar-refractivity contribution in [1.82, 2.24) is 29.8 Å². The Bertz CT molecular complexity index is 1430. The molecular weight excluding hydrogens is 496 g/mol. The van der Waals surface area contributed by atoms with Gasteiger partial charge in [0, 0.05) is 13.5 Å². The smallest absolute Gasteiger partial charge is 0.410 e. The highest BCUT2D eigenvalue weighted by Gasteiger charge is 2.29. The Morgan fingerprint density at radius 2 is 1.92 bits per heavy atom. The number of nitrogens with zero attached hydrogens (tertiary/aromatic N) is 5. The summed E-state index contributed by atoms with van der Waals surface area (Å²) < 4.78 is 8.14. The molecule has 0 fully saturated rings. The Balaban J connectivity index is 1.68. The van der Waals surface area contributed by atoms with Crippen molar-refractivity contribution >= 4 is 45.1 Å². The average Bonchev–Trinajstić information content (AvgIpc) is 3.45. The molecule has 194 valence electrons. The van der Waals surface area contributed by atoms with Crippen molar-refractivity contribution in [3.05, 3.63) is 59.0 Å². The fourth-order valence-corrected chi connectivity index (χ4v) is 4.66. The van der Waals surface area contributed by atoms with Gasteiger partial charge in [0.2, 0.25) is 11.8 Å². The van der Waals surface area contributed by atoms with Gasteiger partial charge in [-0.2, -0.15) is 0 Å². The quantitative estimate of drug-likeness (QED) is 0.296. The Labute approximate surface area is 216 Å². The van der Waals surface area contributed by atoms with Crippen LogP contribution in [0.15, 0.2) is 42.5 Å². The van der Waals surface area contributed by atoms with Gasteiger partial charge in [0.15, 0.2) is 11.5 Å². The fourth-order valence-electron chi connectivity index (χ4n) is 3.65. The van der Waals surface area contributed by atoms with Crippen LogP contribution in [0.4, 0.5) is 4.79 Å². The van der Waals surface area contributed by atoms with Gasteiger partial charge < -0.3 is 26.4 Å². The first-order valence-electron chi connectivity index (χ1n) is 11.5. The number of hydrogen-bond acceptors (Lipinski definition) is 9. The van der Waals surface area contributed by atoms with Gasteiger partial charge in [-0.15, -0.1) is 21.5 Å². The molecule has 5 N–H and O–H groups in total. The number of benzene rings is 1. The highest BCUT2D eigenvalue weighted by atomic mass is 32.1. The lowest BCUT2D eigenvalue weighted by Gasteiger charge is -2.23. The van der Waals surface area contributed by atoms with Crippen molar-refractivity contribution in [2.24, 2.45) is 11.5 Å². The number of nitrogens with two attached hydrogens (primary N) is 2. The van der Waals surface area contributed by atoms with Crippen molar-refractivity contribution in [3.8, 4) is 0 Å². The molecule has 13 heteroatoms. The van der Waals surface area contributed by atoms with Crippen LogP contribution in [0.25, 0.3) is 15.9 Å². The van der Waals surface area contributed by atoms with Crippen LogP contribution >= 0.6 is 11.3 Å². The van der Waals surface area contributed by atoms with Crippen LogP contribution < -0.4 is 16.8 Å². The van der Waals surface area contributed by atoms with Gasteiger partial charge in [-0.3, -0.25) is 14.0 Å². The lowest BCUT2D eigenvalue weighted by Crippen LogP contribution is -2.50. The summed E-state index contributed by atoms with van der Waals surface area (Å²) in [4.78, 5) is 42.1. The predicted octanol–water partition coefficient (Wildman–Crippen LogP) is 1.53. The molecule has 3 aromatic heterocycles. The molecule has 0 aliphatic carbocycles. The second-order valence-corrected chi connectivity index (χ2v) is 10.3. The van der Waals surface area contributed by atoms with E-state index in [4.69, 9.17) is 21.2 Å². The fraction of sp³-hybridized carbons (Fsp3) is 0.333. The number of carbonyl (C=O) groups is 3. The van der Waals surface area contributed by atoms with E-state index in [1.165, 1.54) is 18.4 Å². The third kappa shape index (κ3) is 6.01. The van der Waals surface area contributed by atoms with E-state index in [-0.39, 0.29) is 19.1 Å². The number of thiazole rings is 1. The summed E-state index contributed by atoms with van der Waals surface area (Å²) in [5.74, 6) is -0.588. The van der Waals surface area contributed by atoms with Crippen molar-refractivity contribution in [2.75, 3.05) is 13.6 Å². The van der Waals surface area contributed by atoms with Gasteiger partial charge in [-0.05, 0) is 38.1 Å². The van der Waals surface area contributed by atoms with E-state index in [9.17, 15) is 14.4 Å². The molecule has 0 unspecified atom stereocenters. The number of hydrogen-bond donors (Lipinski definition) is 3. The van der Waals surface area contributed by atoms with E-state index in [1.807, 2.05) is 24.3 Å². The number of rotatable bonds is 9. The minimum Gasteiger partial charge on any atom is -0.443 e. The molecule has 4 rings (SSSR count). The number of amides is 3. The van der Waals surface area contributed by atoms with E-state index in [0.29, 0.717) is 23.6 Å². The second kappa shape index (κ2) is 10.5. The number of carbonyl (C=O) groups excluding carboxylic acids is 3. The number of para-hydroxylation sites is 1. The maximum absolute atomic E-state index is 12.9. The molecule has 0 saturated carbocycles. The maximum atomic E-state index is 12.9. The summed E-state index contributed by atoms with van der Waals surface area (Å²) in [5, 5.41) is 12.4. The van der Waals surface area contributed by atoms with Crippen LogP contribution in [-0.2, 0) is 27.4 Å². The van der Waals surface area contributed by atoms with Crippen LogP contribution in [0, 0.1) is 0 Å². The summed E-state index contributed by atoms with van der Waals surface area (Å²) >= 11 is 1.53. The van der Waals surface area contributed by atoms with E-state index < -0.39 is 23.6 Å². The summed E-state index contributed by atoms with van der Waals surface area (Å²) in [6, 6.07) is 12.4. The number of pyridine rings is 1. The molecule has 0 radical (unpaired) electrons. The van der Waals surface area contributed by atoms with Crippen molar-refractivity contribution < 1.29 is 19.1 Å². The number of fused-ring (bicyclic) bond motifs is 2. The van der Waals surface area contributed by atoms with E-state index >= 15 is 0 Å². The van der Waals surface area contributed by atoms with Crippen LogP contribution in [0.2, 0.25) is 0 Å². The van der Waals surface area contributed by atoms with Gasteiger partial charge in [-0.25, -0.2) is 9.78 Å². The Kier molecular flexibility index (Phi) is 7.36. The number of aromatic nitrogens is 4. The van der Waals surface area contributed by atoms with Crippen molar-refractivity contribution in [3.63, 3.8) is 0 Å². The lowest BCUT2D eigenvalue weighted by atomic mass is 10.0. The molecule has 12 nitrogen and oxygen atoms in total. The maximum Gasteiger partial charge on any atom is 0.410 e. The molecule has 0 aliphatic heterocycles. The molecule has 1 atom stereocenters. The molecule has 0 bridgehead atoms. The SMILES string of the molecule is CN(CC(N)=O)C(=O)OCc1cccc2nnc([C@@H](Cc3nc4ccccc4s3)NC(=O)C(C)(C)N)n12. The Morgan fingerprint density at radius 3 is 2.62 bits per heavy atom. The second-order valence-electron chi connectivity index (χ2n) is 9.17. The zero-order chi connectivity index (χ0) is 26.7. The third-order valence-electron chi connectivity index (χ3n) is 5.50. The van der Waals surface area contributed by atoms with Gasteiger partial charge >= 0.3 is 6.09 Å². The monoisotopic (exact) mass is 524 g/mol. The van der Waals surface area contributed by atoms with E-state index in [2.05, 4.69) is 15.5 Å². The minimum absolute atomic E-state index is 0.130. The molecule has 3 heterocycles. The first kappa shape index (κ1) is 26.0. The zero-order valence-electron chi connectivity index (χ0n) is 20.7. The molecule has 4 aromatic rings. The summed E-state index contributed by atoms with van der Waals surface area (Å²) in [6.07, 6.45) is -0.369. The largest absolute Gasteiger partial charge is 0.443 e. The van der Waals surface area contributed by atoms with Crippen LogP contribution in [0.1, 0.15) is 36.4 Å². The van der Waals surface area contributed by atoms with Crippen molar-refractivity contribution in [2.45, 2.75) is 38.5 Å². The minimum atomic E-state index is -1.13. The topological polar surface area (TPSA) is 171 Å². The summed E-state index contributed by atoms with van der Waals surface area (Å²) in [5.41, 5.74) is 12.0. The Morgan fingerprint density at radius 1 is 1.16 bits per heavy atom. The summed E-state index contributed by atoms with van der Waals surface area (Å²) in [7, 11) is 1.41.